The maximum Gasteiger partial charge on any atom is 0.147 e. The summed E-state index contributed by atoms with van der Waals surface area (Å²) in [6.45, 7) is 8.44. The van der Waals surface area contributed by atoms with Crippen molar-refractivity contribution in [2.45, 2.75) is 39.2 Å². The minimum Gasteiger partial charge on any atom is -0.369 e. The molecule has 2 rings (SSSR count). The van der Waals surface area contributed by atoms with Crippen LogP contribution in [0.3, 0.4) is 0 Å². The van der Waals surface area contributed by atoms with E-state index in [1.807, 2.05) is 0 Å². The normalized spacial score (nSPS) is 14.7. The lowest BCUT2D eigenvalue weighted by Gasteiger charge is -2.19. The zero-order valence-electron chi connectivity index (χ0n) is 12.0. The summed E-state index contributed by atoms with van der Waals surface area (Å²) in [5, 5.41) is 6.60. The number of anilines is 2. The van der Waals surface area contributed by atoms with Crippen LogP contribution in [0.2, 0.25) is 0 Å². The second-order valence-electron chi connectivity index (χ2n) is 5.00. The molecule has 1 aliphatic rings. The molecule has 0 aliphatic heterocycles. The van der Waals surface area contributed by atoms with Crippen LogP contribution in [0.25, 0.3) is 0 Å². The monoisotopic (exact) mass is 263 g/mol. The number of nitrogens with zero attached hydrogens (tertiary/aromatic N) is 3. The number of likely N-dealkylation sites (N-methyl/N-ethyl adjacent to an activating group) is 1. The van der Waals surface area contributed by atoms with Crippen molar-refractivity contribution in [2.24, 2.45) is 0 Å². The van der Waals surface area contributed by atoms with Crippen molar-refractivity contribution < 1.29 is 0 Å². The van der Waals surface area contributed by atoms with Crippen LogP contribution in [0.15, 0.2) is 12.4 Å². The summed E-state index contributed by atoms with van der Waals surface area (Å²) in [6.07, 6.45) is 7.37. The van der Waals surface area contributed by atoms with Crippen LogP contribution >= 0.6 is 0 Å². The molecule has 0 aromatic carbocycles. The fraction of sp³-hybridized carbons (Fsp3) is 0.714. The first-order valence-corrected chi connectivity index (χ1v) is 7.37. The van der Waals surface area contributed by atoms with Crippen LogP contribution in [-0.2, 0) is 0 Å². The van der Waals surface area contributed by atoms with E-state index in [0.717, 1.165) is 50.3 Å². The molecule has 2 N–H and O–H groups in total. The third-order valence-corrected chi connectivity index (χ3v) is 3.37. The zero-order chi connectivity index (χ0) is 13.5. The lowest BCUT2D eigenvalue weighted by molar-refractivity contribution is 0.289. The van der Waals surface area contributed by atoms with Gasteiger partial charge in [-0.25, -0.2) is 4.98 Å². The van der Waals surface area contributed by atoms with Gasteiger partial charge >= 0.3 is 0 Å². The molecule has 1 aromatic rings. The molecule has 1 saturated carbocycles. The second kappa shape index (κ2) is 7.28. The summed E-state index contributed by atoms with van der Waals surface area (Å²) in [5.41, 5.74) is 0. The van der Waals surface area contributed by atoms with Crippen LogP contribution < -0.4 is 10.6 Å². The molecule has 5 nitrogen and oxygen atoms in total. The molecule has 0 spiro atoms. The molecule has 1 aromatic heterocycles. The molecule has 0 unspecified atom stereocenters. The van der Waals surface area contributed by atoms with E-state index in [2.05, 4.69) is 39.3 Å². The number of hydrogen-bond donors (Lipinski definition) is 2. The van der Waals surface area contributed by atoms with E-state index < -0.39 is 0 Å². The van der Waals surface area contributed by atoms with Gasteiger partial charge in [0.25, 0.3) is 0 Å². The van der Waals surface area contributed by atoms with E-state index in [9.17, 15) is 0 Å². The lowest BCUT2D eigenvalue weighted by atomic mass is 10.4. The highest BCUT2D eigenvalue weighted by molar-refractivity contribution is 5.41. The Morgan fingerprint density at radius 2 is 1.84 bits per heavy atom. The van der Waals surface area contributed by atoms with Crippen molar-refractivity contribution in [2.75, 3.05) is 36.8 Å². The summed E-state index contributed by atoms with van der Waals surface area (Å²) in [6, 6.07) is 0.829. The third kappa shape index (κ3) is 4.67. The molecular formula is C14H25N5. The predicted molar refractivity (Wildman–Crippen MR) is 79.6 cm³/mol. The van der Waals surface area contributed by atoms with Crippen molar-refractivity contribution in [3.05, 3.63) is 12.4 Å². The Labute approximate surface area is 115 Å². The van der Waals surface area contributed by atoms with E-state index in [0.29, 0.717) is 0 Å². The largest absolute Gasteiger partial charge is 0.369 e. The third-order valence-electron chi connectivity index (χ3n) is 3.37. The molecule has 1 heterocycles. The van der Waals surface area contributed by atoms with Gasteiger partial charge in [-0.3, -0.25) is 9.88 Å². The summed E-state index contributed by atoms with van der Waals surface area (Å²) in [5.74, 6) is 1.70. The van der Waals surface area contributed by atoms with Crippen LogP contribution in [-0.4, -0.2) is 47.1 Å². The van der Waals surface area contributed by atoms with Gasteiger partial charge in [0.1, 0.15) is 11.6 Å². The summed E-state index contributed by atoms with van der Waals surface area (Å²) in [7, 11) is 0. The highest BCUT2D eigenvalue weighted by Crippen LogP contribution is 2.25. The van der Waals surface area contributed by atoms with Gasteiger partial charge in [0.15, 0.2) is 0 Å². The summed E-state index contributed by atoms with van der Waals surface area (Å²) in [4.78, 5) is 11.2. The molecule has 0 bridgehead atoms. The van der Waals surface area contributed by atoms with Crippen molar-refractivity contribution in [1.82, 2.24) is 14.9 Å². The Morgan fingerprint density at radius 1 is 1.16 bits per heavy atom. The van der Waals surface area contributed by atoms with E-state index in [4.69, 9.17) is 0 Å². The number of aromatic nitrogens is 2. The Hall–Kier alpha value is -1.36. The number of rotatable bonds is 9. The highest BCUT2D eigenvalue weighted by atomic mass is 15.2. The summed E-state index contributed by atoms with van der Waals surface area (Å²) >= 11 is 0. The highest BCUT2D eigenvalue weighted by Gasteiger charge is 2.27. The molecular weight excluding hydrogens is 238 g/mol. The molecule has 5 heteroatoms. The Bertz CT molecular complexity index is 378. The van der Waals surface area contributed by atoms with Crippen LogP contribution in [0.5, 0.6) is 0 Å². The molecule has 1 fully saturated rings. The standard InChI is InChI=1S/C14H25N5/c1-3-7-16-13-10-15-11-14(18-13)17-8-9-19(4-2)12-5-6-12/h10-12H,3-9H2,1-2H3,(H2,16,17,18). The van der Waals surface area contributed by atoms with Gasteiger partial charge in [-0.05, 0) is 25.8 Å². The van der Waals surface area contributed by atoms with Gasteiger partial charge in [0.2, 0.25) is 0 Å². The minimum absolute atomic E-state index is 0.829. The quantitative estimate of drug-likeness (QED) is 0.715. The maximum atomic E-state index is 4.49. The van der Waals surface area contributed by atoms with E-state index >= 15 is 0 Å². The van der Waals surface area contributed by atoms with Crippen molar-refractivity contribution in [3.8, 4) is 0 Å². The molecule has 106 valence electrons. The molecule has 1 aliphatic carbocycles. The van der Waals surface area contributed by atoms with Crippen LogP contribution in [0.4, 0.5) is 11.6 Å². The number of hydrogen-bond acceptors (Lipinski definition) is 5. The van der Waals surface area contributed by atoms with Crippen molar-refractivity contribution >= 4 is 11.6 Å². The fourth-order valence-corrected chi connectivity index (χ4v) is 2.16. The molecule has 0 amide bonds. The fourth-order valence-electron chi connectivity index (χ4n) is 2.16. The Balaban J connectivity index is 1.75. The SMILES string of the molecule is CCCNc1cncc(NCCN(CC)C2CC2)n1. The van der Waals surface area contributed by atoms with E-state index in [-0.39, 0.29) is 0 Å². The van der Waals surface area contributed by atoms with E-state index in [1.165, 1.54) is 12.8 Å². The molecule has 0 saturated heterocycles. The average Bonchev–Trinajstić information content (AvgIpc) is 3.26. The maximum absolute atomic E-state index is 4.49. The zero-order valence-corrected chi connectivity index (χ0v) is 12.0. The van der Waals surface area contributed by atoms with Crippen molar-refractivity contribution in [3.63, 3.8) is 0 Å². The minimum atomic E-state index is 0.829. The Kier molecular flexibility index (Phi) is 5.39. The predicted octanol–water partition coefficient (Wildman–Crippen LogP) is 2.19. The molecule has 19 heavy (non-hydrogen) atoms. The molecule has 0 radical (unpaired) electrons. The number of nitrogens with one attached hydrogen (secondary N) is 2. The van der Waals surface area contributed by atoms with Gasteiger partial charge in [-0.2, -0.15) is 0 Å². The lowest BCUT2D eigenvalue weighted by Crippen LogP contribution is -2.31. The van der Waals surface area contributed by atoms with Gasteiger partial charge in [0.05, 0.1) is 12.4 Å². The van der Waals surface area contributed by atoms with Crippen LogP contribution in [0, 0.1) is 0 Å². The van der Waals surface area contributed by atoms with Gasteiger partial charge in [0, 0.05) is 25.7 Å². The second-order valence-corrected chi connectivity index (χ2v) is 5.00. The topological polar surface area (TPSA) is 53.1 Å². The van der Waals surface area contributed by atoms with Crippen molar-refractivity contribution in [1.29, 1.82) is 0 Å². The average molecular weight is 263 g/mol. The first-order valence-electron chi connectivity index (χ1n) is 7.37. The van der Waals surface area contributed by atoms with Gasteiger partial charge in [-0.15, -0.1) is 0 Å². The van der Waals surface area contributed by atoms with Gasteiger partial charge in [-0.1, -0.05) is 13.8 Å². The first kappa shape index (κ1) is 14.1. The van der Waals surface area contributed by atoms with Gasteiger partial charge < -0.3 is 10.6 Å². The summed E-state index contributed by atoms with van der Waals surface area (Å²) < 4.78 is 0. The van der Waals surface area contributed by atoms with E-state index in [1.54, 1.807) is 12.4 Å². The Morgan fingerprint density at radius 3 is 2.42 bits per heavy atom. The first-order chi connectivity index (χ1) is 9.33. The molecule has 0 atom stereocenters. The smallest absolute Gasteiger partial charge is 0.147 e. The van der Waals surface area contributed by atoms with Crippen LogP contribution in [0.1, 0.15) is 33.1 Å².